The molecule has 0 N–H and O–H groups in total. The Kier molecular flexibility index (Phi) is 5.26. The minimum atomic E-state index is -0.643. The smallest absolute Gasteiger partial charge is 0.415 e. The molecule has 1 aromatic rings. The summed E-state index contributed by atoms with van der Waals surface area (Å²) < 4.78 is 10.7. The van der Waals surface area contributed by atoms with Crippen LogP contribution in [0.5, 0.6) is 0 Å². The van der Waals surface area contributed by atoms with Crippen molar-refractivity contribution in [3.8, 4) is 0 Å². The molecule has 1 saturated carbocycles. The van der Waals surface area contributed by atoms with Gasteiger partial charge in [-0.3, -0.25) is 4.90 Å². The maximum Gasteiger partial charge on any atom is 0.415 e. The van der Waals surface area contributed by atoms with Gasteiger partial charge in [0.05, 0.1) is 12.8 Å². The molecule has 0 bridgehead atoms. The highest BCUT2D eigenvalue weighted by Gasteiger charge is 2.41. The van der Waals surface area contributed by atoms with E-state index >= 15 is 0 Å². The second kappa shape index (κ2) is 7.29. The van der Waals surface area contributed by atoms with E-state index in [1.807, 2.05) is 24.3 Å². The van der Waals surface area contributed by atoms with Crippen molar-refractivity contribution in [2.75, 3.05) is 12.0 Å². The molecule has 1 aromatic carbocycles. The summed E-state index contributed by atoms with van der Waals surface area (Å²) in [5, 5.41) is 0. The number of esters is 1. The molecule has 5 nitrogen and oxygen atoms in total. The fraction of sp³-hybridized carbons (Fsp3) is 0.619. The van der Waals surface area contributed by atoms with Crippen LogP contribution in [0.4, 0.5) is 10.5 Å². The molecule has 3 rings (SSSR count). The molecule has 0 spiro atoms. The Labute approximate surface area is 155 Å². The van der Waals surface area contributed by atoms with Gasteiger partial charge in [0.2, 0.25) is 0 Å². The number of anilines is 1. The maximum atomic E-state index is 12.9. The summed E-state index contributed by atoms with van der Waals surface area (Å²) in [4.78, 5) is 26.5. The van der Waals surface area contributed by atoms with E-state index in [2.05, 4.69) is 20.8 Å². The van der Waals surface area contributed by atoms with Gasteiger partial charge >= 0.3 is 12.1 Å². The Morgan fingerprint density at radius 3 is 2.35 bits per heavy atom. The summed E-state index contributed by atoms with van der Waals surface area (Å²) >= 11 is 0. The first-order valence-electron chi connectivity index (χ1n) is 9.47. The summed E-state index contributed by atoms with van der Waals surface area (Å²) in [6.45, 7) is 6.81. The van der Waals surface area contributed by atoms with Crippen LogP contribution in [-0.2, 0) is 20.7 Å². The number of carbonyl (C=O) groups excluding carboxylic acids is 2. The number of hydrogen-bond acceptors (Lipinski definition) is 4. The van der Waals surface area contributed by atoms with Crippen LogP contribution in [0, 0.1) is 11.3 Å². The van der Waals surface area contributed by atoms with Gasteiger partial charge in [-0.25, -0.2) is 9.59 Å². The number of methoxy groups -OCH3 is 1. The average molecular weight is 359 g/mol. The Bertz CT molecular complexity index is 671. The van der Waals surface area contributed by atoms with Crippen LogP contribution in [0.1, 0.15) is 52.0 Å². The summed E-state index contributed by atoms with van der Waals surface area (Å²) in [5.74, 6) is 0.252. The number of carbonyl (C=O) groups is 2. The van der Waals surface area contributed by atoms with Gasteiger partial charge in [0, 0.05) is 6.42 Å². The SMILES string of the molecule is COC(=O)[C@H]1Cc2ccccc2N1C(=O)OC1CCC(C(C)(C)C)CC1. The maximum absolute atomic E-state index is 12.9. The Hall–Kier alpha value is -2.04. The molecule has 1 atom stereocenters. The van der Waals surface area contributed by atoms with Crippen molar-refractivity contribution < 1.29 is 19.1 Å². The molecule has 0 aromatic heterocycles. The molecule has 1 fully saturated rings. The number of ether oxygens (including phenoxy) is 2. The van der Waals surface area contributed by atoms with Crippen LogP contribution in [0.15, 0.2) is 24.3 Å². The third kappa shape index (κ3) is 3.71. The number of fused-ring (bicyclic) bond motifs is 1. The predicted molar refractivity (Wildman–Crippen MR) is 100 cm³/mol. The zero-order valence-electron chi connectivity index (χ0n) is 16.2. The second-order valence-corrected chi connectivity index (χ2v) is 8.47. The van der Waals surface area contributed by atoms with Crippen LogP contribution in [-0.4, -0.2) is 31.3 Å². The van der Waals surface area contributed by atoms with Crippen LogP contribution in [0.2, 0.25) is 0 Å². The van der Waals surface area contributed by atoms with Crippen molar-refractivity contribution in [2.45, 2.75) is 65.0 Å². The number of para-hydroxylation sites is 1. The van der Waals surface area contributed by atoms with E-state index < -0.39 is 18.1 Å². The molecular weight excluding hydrogens is 330 g/mol. The summed E-state index contributed by atoms with van der Waals surface area (Å²) in [7, 11) is 1.35. The van der Waals surface area contributed by atoms with Gasteiger partial charge in [0.25, 0.3) is 0 Å². The van der Waals surface area contributed by atoms with Gasteiger partial charge < -0.3 is 9.47 Å². The molecule has 26 heavy (non-hydrogen) atoms. The standard InChI is InChI=1S/C21H29NO4/c1-21(2,3)15-9-11-16(12-10-15)26-20(24)22-17-8-6-5-7-14(17)13-18(22)19(23)25-4/h5-8,15-16,18H,9-13H2,1-4H3/t15?,16?,18-/m1/s1. The Morgan fingerprint density at radius 1 is 1.08 bits per heavy atom. The molecule has 5 heteroatoms. The van der Waals surface area contributed by atoms with E-state index in [1.54, 1.807) is 0 Å². The van der Waals surface area contributed by atoms with Crippen molar-refractivity contribution >= 4 is 17.7 Å². The van der Waals surface area contributed by atoms with Crippen LogP contribution in [0.3, 0.4) is 0 Å². The molecule has 1 aliphatic carbocycles. The lowest BCUT2D eigenvalue weighted by Gasteiger charge is -2.37. The number of nitrogens with zero attached hydrogens (tertiary/aromatic N) is 1. The first kappa shape index (κ1) is 18.7. The molecular formula is C21H29NO4. The summed E-state index contributed by atoms with van der Waals surface area (Å²) in [6.07, 6.45) is 3.85. The quantitative estimate of drug-likeness (QED) is 0.738. The van der Waals surface area contributed by atoms with Gasteiger partial charge in [-0.1, -0.05) is 39.0 Å². The molecule has 0 unspecified atom stereocenters. The first-order chi connectivity index (χ1) is 12.3. The van der Waals surface area contributed by atoms with Crippen LogP contribution >= 0.6 is 0 Å². The third-order valence-electron chi connectivity index (χ3n) is 5.81. The van der Waals surface area contributed by atoms with Gasteiger partial charge in [0.15, 0.2) is 0 Å². The zero-order chi connectivity index (χ0) is 18.9. The third-order valence-corrected chi connectivity index (χ3v) is 5.81. The first-order valence-corrected chi connectivity index (χ1v) is 9.47. The van der Waals surface area contributed by atoms with Crippen molar-refractivity contribution in [1.82, 2.24) is 0 Å². The van der Waals surface area contributed by atoms with Crippen molar-refractivity contribution in [3.05, 3.63) is 29.8 Å². The monoisotopic (exact) mass is 359 g/mol. The van der Waals surface area contributed by atoms with E-state index in [4.69, 9.17) is 9.47 Å². The van der Waals surface area contributed by atoms with Gasteiger partial charge in [-0.05, 0) is 48.6 Å². The van der Waals surface area contributed by atoms with Gasteiger partial charge in [-0.15, -0.1) is 0 Å². The van der Waals surface area contributed by atoms with Crippen molar-refractivity contribution in [2.24, 2.45) is 11.3 Å². The largest absolute Gasteiger partial charge is 0.467 e. The lowest BCUT2D eigenvalue weighted by molar-refractivity contribution is -0.142. The van der Waals surface area contributed by atoms with Gasteiger partial charge in [0.1, 0.15) is 12.1 Å². The fourth-order valence-electron chi connectivity index (χ4n) is 4.18. The van der Waals surface area contributed by atoms with Crippen molar-refractivity contribution in [1.29, 1.82) is 0 Å². The number of benzene rings is 1. The highest BCUT2D eigenvalue weighted by atomic mass is 16.6. The molecule has 0 saturated heterocycles. The van der Waals surface area contributed by atoms with Gasteiger partial charge in [-0.2, -0.15) is 0 Å². The van der Waals surface area contributed by atoms with E-state index in [9.17, 15) is 9.59 Å². The van der Waals surface area contributed by atoms with E-state index in [0.717, 1.165) is 36.9 Å². The van der Waals surface area contributed by atoms with Crippen LogP contribution in [0.25, 0.3) is 0 Å². The highest BCUT2D eigenvalue weighted by molar-refractivity contribution is 5.99. The molecule has 2 aliphatic rings. The fourth-order valence-corrected chi connectivity index (χ4v) is 4.18. The van der Waals surface area contributed by atoms with E-state index in [1.165, 1.54) is 12.0 Å². The highest BCUT2D eigenvalue weighted by Crippen LogP contribution is 2.39. The Morgan fingerprint density at radius 2 is 1.73 bits per heavy atom. The molecule has 142 valence electrons. The topological polar surface area (TPSA) is 55.8 Å². The minimum absolute atomic E-state index is 0.0767. The average Bonchev–Trinajstić information content (AvgIpc) is 3.00. The Balaban J connectivity index is 1.69. The molecule has 1 aliphatic heterocycles. The second-order valence-electron chi connectivity index (χ2n) is 8.47. The van der Waals surface area contributed by atoms with Crippen LogP contribution < -0.4 is 4.90 Å². The number of rotatable bonds is 2. The summed E-state index contributed by atoms with van der Waals surface area (Å²) in [5.41, 5.74) is 2.01. The normalized spacial score (nSPS) is 25.5. The number of amides is 1. The molecule has 1 heterocycles. The van der Waals surface area contributed by atoms with Crippen molar-refractivity contribution in [3.63, 3.8) is 0 Å². The summed E-state index contributed by atoms with van der Waals surface area (Å²) in [6, 6.07) is 6.93. The number of hydrogen-bond donors (Lipinski definition) is 0. The molecule has 1 amide bonds. The predicted octanol–water partition coefficient (Wildman–Crippen LogP) is 4.33. The zero-order valence-corrected chi connectivity index (χ0v) is 16.2. The van der Waals surface area contributed by atoms with E-state index in [0.29, 0.717) is 17.8 Å². The lowest BCUT2D eigenvalue weighted by Crippen LogP contribution is -2.45. The lowest BCUT2D eigenvalue weighted by atomic mass is 9.72. The van der Waals surface area contributed by atoms with E-state index in [-0.39, 0.29) is 6.10 Å². The minimum Gasteiger partial charge on any atom is -0.467 e. The molecule has 0 radical (unpaired) electrons.